The zero-order chi connectivity index (χ0) is 13.3. The van der Waals surface area contributed by atoms with E-state index in [9.17, 15) is 9.59 Å². The Balaban J connectivity index is 3.67. The first-order chi connectivity index (χ1) is 7.97. The summed E-state index contributed by atoms with van der Waals surface area (Å²) in [5, 5.41) is 11.3. The van der Waals surface area contributed by atoms with Crippen LogP contribution in [0, 0.1) is 0 Å². The molecule has 1 amide bonds. The number of carboxylic acid groups (broad SMARTS) is 1. The van der Waals surface area contributed by atoms with E-state index in [1.807, 2.05) is 6.92 Å². The summed E-state index contributed by atoms with van der Waals surface area (Å²) in [6.45, 7) is 5.27. The maximum atomic E-state index is 11.4. The van der Waals surface area contributed by atoms with E-state index < -0.39 is 12.1 Å². The first-order valence-electron chi connectivity index (χ1n) is 6.11. The van der Waals surface area contributed by atoms with Crippen molar-refractivity contribution >= 4 is 11.9 Å². The van der Waals surface area contributed by atoms with Crippen molar-refractivity contribution in [3.63, 3.8) is 0 Å². The first kappa shape index (κ1) is 15.9. The molecule has 0 aliphatic carbocycles. The van der Waals surface area contributed by atoms with Crippen molar-refractivity contribution in [3.05, 3.63) is 0 Å². The average Bonchev–Trinajstić information content (AvgIpc) is 2.26. The number of amides is 1. The Kier molecular flexibility index (Phi) is 8.40. The van der Waals surface area contributed by atoms with Gasteiger partial charge in [-0.05, 0) is 20.3 Å². The fraction of sp³-hybridized carbons (Fsp3) is 0.833. The van der Waals surface area contributed by atoms with Gasteiger partial charge in [0.25, 0.3) is 0 Å². The van der Waals surface area contributed by atoms with Gasteiger partial charge in [-0.3, -0.25) is 4.79 Å². The summed E-state index contributed by atoms with van der Waals surface area (Å²) in [6, 6.07) is 0.109. The molecule has 100 valence electrons. The third-order valence-electron chi connectivity index (χ3n) is 2.46. The quantitative estimate of drug-likeness (QED) is 0.604. The van der Waals surface area contributed by atoms with Crippen LogP contribution in [0.5, 0.6) is 0 Å². The van der Waals surface area contributed by atoms with Gasteiger partial charge in [-0.1, -0.05) is 26.2 Å². The van der Waals surface area contributed by atoms with Gasteiger partial charge in [-0.25, -0.2) is 4.79 Å². The lowest BCUT2D eigenvalue weighted by atomic mass is 10.1. The predicted molar refractivity (Wildman–Crippen MR) is 64.8 cm³/mol. The maximum absolute atomic E-state index is 11.4. The van der Waals surface area contributed by atoms with E-state index in [1.165, 1.54) is 6.92 Å². The number of nitrogens with one attached hydrogen (secondary N) is 1. The van der Waals surface area contributed by atoms with Crippen LogP contribution in [0.3, 0.4) is 0 Å². The fourth-order valence-corrected chi connectivity index (χ4v) is 1.36. The molecule has 0 aromatic carbocycles. The van der Waals surface area contributed by atoms with Crippen LogP contribution < -0.4 is 5.32 Å². The monoisotopic (exact) mass is 245 g/mol. The number of unbranched alkanes of at least 4 members (excludes halogenated alkanes) is 2. The molecule has 0 aliphatic rings. The number of carbonyl (C=O) groups is 2. The van der Waals surface area contributed by atoms with Crippen molar-refractivity contribution in [2.45, 2.75) is 58.6 Å². The second-order valence-electron chi connectivity index (χ2n) is 4.26. The topological polar surface area (TPSA) is 75.6 Å². The van der Waals surface area contributed by atoms with Crippen LogP contribution in [-0.4, -0.2) is 35.7 Å². The molecule has 1 unspecified atom stereocenters. The van der Waals surface area contributed by atoms with E-state index in [4.69, 9.17) is 9.84 Å². The van der Waals surface area contributed by atoms with Crippen LogP contribution in [-0.2, 0) is 14.3 Å². The minimum atomic E-state index is -1.06. The van der Waals surface area contributed by atoms with E-state index in [1.54, 1.807) is 0 Å². The highest BCUT2D eigenvalue weighted by atomic mass is 16.5. The highest BCUT2D eigenvalue weighted by molar-refractivity contribution is 5.78. The van der Waals surface area contributed by atoms with Gasteiger partial charge >= 0.3 is 5.97 Å². The molecule has 0 aliphatic heterocycles. The molecule has 0 fully saturated rings. The maximum Gasteiger partial charge on any atom is 0.332 e. The number of ether oxygens (including phenoxy) is 1. The zero-order valence-electron chi connectivity index (χ0n) is 10.9. The summed E-state index contributed by atoms with van der Waals surface area (Å²) < 4.78 is 4.88. The first-order valence-corrected chi connectivity index (χ1v) is 6.11. The number of hydrogen-bond acceptors (Lipinski definition) is 3. The lowest BCUT2D eigenvalue weighted by molar-refractivity contribution is -0.150. The summed E-state index contributed by atoms with van der Waals surface area (Å²) in [4.78, 5) is 21.8. The molecule has 2 atom stereocenters. The molecule has 0 rings (SSSR count). The van der Waals surface area contributed by atoms with E-state index in [0.29, 0.717) is 0 Å². The van der Waals surface area contributed by atoms with Gasteiger partial charge in [0.05, 0.1) is 0 Å². The molecule has 0 bridgehead atoms. The minimum Gasteiger partial charge on any atom is -0.479 e. The number of carbonyl (C=O) groups excluding carboxylic acids is 1. The van der Waals surface area contributed by atoms with E-state index in [2.05, 4.69) is 12.2 Å². The molecule has 0 spiro atoms. The normalized spacial score (nSPS) is 14.1. The average molecular weight is 245 g/mol. The molecule has 17 heavy (non-hydrogen) atoms. The van der Waals surface area contributed by atoms with E-state index in [-0.39, 0.29) is 18.6 Å². The number of hydrogen-bond donors (Lipinski definition) is 2. The Hall–Kier alpha value is -1.10. The standard InChI is InChI=1S/C12H23NO4/c1-4-5-6-7-9(2)13-11(14)8-17-10(3)12(15)16/h9-10H,4-8H2,1-3H3,(H,13,14)(H,15,16)/t9?,10-/m0/s1. The number of aliphatic carboxylic acids is 1. The fourth-order valence-electron chi connectivity index (χ4n) is 1.36. The van der Waals surface area contributed by atoms with Crippen LogP contribution in [0.15, 0.2) is 0 Å². The van der Waals surface area contributed by atoms with Crippen molar-refractivity contribution in [3.8, 4) is 0 Å². The Morgan fingerprint density at radius 3 is 2.47 bits per heavy atom. The lowest BCUT2D eigenvalue weighted by Gasteiger charge is -2.14. The van der Waals surface area contributed by atoms with E-state index >= 15 is 0 Å². The Bertz CT molecular complexity index is 243. The second kappa shape index (κ2) is 8.98. The summed E-state index contributed by atoms with van der Waals surface area (Å²) >= 11 is 0. The zero-order valence-corrected chi connectivity index (χ0v) is 10.9. The third-order valence-corrected chi connectivity index (χ3v) is 2.46. The summed E-state index contributed by atoms with van der Waals surface area (Å²) in [7, 11) is 0. The van der Waals surface area contributed by atoms with Crippen LogP contribution in [0.25, 0.3) is 0 Å². The molecule has 0 aromatic rings. The predicted octanol–water partition coefficient (Wildman–Crippen LogP) is 1.56. The van der Waals surface area contributed by atoms with Gasteiger partial charge in [-0.15, -0.1) is 0 Å². The van der Waals surface area contributed by atoms with Crippen molar-refractivity contribution in [1.82, 2.24) is 5.32 Å². The second-order valence-corrected chi connectivity index (χ2v) is 4.26. The van der Waals surface area contributed by atoms with Gasteiger partial charge in [0.2, 0.25) is 5.91 Å². The van der Waals surface area contributed by atoms with Gasteiger partial charge in [0.15, 0.2) is 6.10 Å². The van der Waals surface area contributed by atoms with Crippen LogP contribution in [0.4, 0.5) is 0 Å². The summed E-state index contributed by atoms with van der Waals surface area (Å²) in [6.07, 6.45) is 3.39. The Labute approximate surface area is 103 Å². The molecule has 0 saturated heterocycles. The van der Waals surface area contributed by atoms with Crippen LogP contribution in [0.2, 0.25) is 0 Å². The highest BCUT2D eigenvalue weighted by Gasteiger charge is 2.14. The van der Waals surface area contributed by atoms with Gasteiger partial charge in [0, 0.05) is 6.04 Å². The van der Waals surface area contributed by atoms with E-state index in [0.717, 1.165) is 25.7 Å². The molecular weight excluding hydrogens is 222 g/mol. The van der Waals surface area contributed by atoms with Crippen LogP contribution >= 0.6 is 0 Å². The SMILES string of the molecule is CCCCCC(C)NC(=O)CO[C@@H](C)C(=O)O. The lowest BCUT2D eigenvalue weighted by Crippen LogP contribution is -2.36. The number of carboxylic acids is 1. The van der Waals surface area contributed by atoms with Gasteiger partial charge < -0.3 is 15.2 Å². The molecule has 2 N–H and O–H groups in total. The summed E-state index contributed by atoms with van der Waals surface area (Å²) in [5.74, 6) is -1.32. The summed E-state index contributed by atoms with van der Waals surface area (Å²) in [5.41, 5.74) is 0. The van der Waals surface area contributed by atoms with Crippen molar-refractivity contribution < 1.29 is 19.4 Å². The van der Waals surface area contributed by atoms with Crippen LogP contribution in [0.1, 0.15) is 46.5 Å². The number of rotatable bonds is 9. The van der Waals surface area contributed by atoms with Crippen molar-refractivity contribution in [2.24, 2.45) is 0 Å². The van der Waals surface area contributed by atoms with Crippen molar-refractivity contribution in [2.75, 3.05) is 6.61 Å². The molecule has 0 aromatic heterocycles. The molecule has 5 heteroatoms. The third kappa shape index (κ3) is 8.68. The Morgan fingerprint density at radius 2 is 1.94 bits per heavy atom. The highest BCUT2D eigenvalue weighted by Crippen LogP contribution is 2.02. The molecule has 0 saturated carbocycles. The van der Waals surface area contributed by atoms with Gasteiger partial charge in [-0.2, -0.15) is 0 Å². The van der Waals surface area contributed by atoms with Gasteiger partial charge in [0.1, 0.15) is 6.61 Å². The molecular formula is C12H23NO4. The minimum absolute atomic E-state index is 0.109. The molecule has 0 radical (unpaired) electrons. The molecule has 5 nitrogen and oxygen atoms in total. The Morgan fingerprint density at radius 1 is 1.29 bits per heavy atom. The smallest absolute Gasteiger partial charge is 0.332 e. The molecule has 0 heterocycles. The van der Waals surface area contributed by atoms with Crippen molar-refractivity contribution in [1.29, 1.82) is 0 Å². The largest absolute Gasteiger partial charge is 0.479 e.